The van der Waals surface area contributed by atoms with E-state index < -0.39 is 0 Å². The largest absolute Gasteiger partial charge is 0.469 e. The highest BCUT2D eigenvalue weighted by Crippen LogP contribution is 2.44. The smallest absolute Gasteiger partial charge is 0.308 e. The molecule has 0 aromatic heterocycles. The standard InChI is InChI=1S/C19H33N3O2/c1-3-20-19(22-11-9-15(10-12-22)18(23)24-2)21-17-13-16(17)14-7-5-4-6-8-14/h14-17H,3-13H2,1-2H3,(H,20,21). The molecule has 0 bridgehead atoms. The van der Waals surface area contributed by atoms with Gasteiger partial charge in [-0.3, -0.25) is 9.79 Å². The van der Waals surface area contributed by atoms with Crippen LogP contribution in [0.15, 0.2) is 4.99 Å². The second-order valence-corrected chi connectivity index (χ2v) is 7.63. The average molecular weight is 335 g/mol. The van der Waals surface area contributed by atoms with Gasteiger partial charge >= 0.3 is 5.97 Å². The van der Waals surface area contributed by atoms with Gasteiger partial charge in [0.25, 0.3) is 0 Å². The van der Waals surface area contributed by atoms with Crippen molar-refractivity contribution in [2.45, 2.75) is 64.3 Å². The predicted molar refractivity (Wildman–Crippen MR) is 95.9 cm³/mol. The first-order valence-electron chi connectivity index (χ1n) is 9.86. The minimum atomic E-state index is -0.0591. The normalized spacial score (nSPS) is 29.4. The number of hydrogen-bond acceptors (Lipinski definition) is 3. The van der Waals surface area contributed by atoms with Crippen molar-refractivity contribution in [1.82, 2.24) is 10.2 Å². The summed E-state index contributed by atoms with van der Waals surface area (Å²) in [4.78, 5) is 18.7. The lowest BCUT2D eigenvalue weighted by molar-refractivity contribution is -0.146. The number of piperidine rings is 1. The topological polar surface area (TPSA) is 53.9 Å². The number of carbonyl (C=O) groups excluding carboxylic acids is 1. The van der Waals surface area contributed by atoms with Gasteiger partial charge in [0, 0.05) is 25.7 Å². The van der Waals surface area contributed by atoms with Crippen molar-refractivity contribution in [1.29, 1.82) is 0 Å². The van der Waals surface area contributed by atoms with Gasteiger partial charge in [-0.2, -0.15) is 0 Å². The lowest BCUT2D eigenvalue weighted by atomic mass is 9.85. The number of methoxy groups -OCH3 is 1. The maximum Gasteiger partial charge on any atom is 0.308 e. The molecule has 5 heteroatoms. The lowest BCUT2D eigenvalue weighted by Gasteiger charge is -2.33. The molecule has 136 valence electrons. The van der Waals surface area contributed by atoms with E-state index in [4.69, 9.17) is 9.73 Å². The van der Waals surface area contributed by atoms with Gasteiger partial charge in [-0.25, -0.2) is 0 Å². The van der Waals surface area contributed by atoms with Crippen molar-refractivity contribution in [3.05, 3.63) is 0 Å². The number of nitrogens with zero attached hydrogens (tertiary/aromatic N) is 2. The van der Waals surface area contributed by atoms with E-state index in [9.17, 15) is 4.79 Å². The SMILES string of the molecule is CCN=C(NC1CC1C1CCCCC1)N1CCC(C(=O)OC)CC1. The van der Waals surface area contributed by atoms with E-state index in [1.807, 2.05) is 0 Å². The van der Waals surface area contributed by atoms with Crippen LogP contribution in [0, 0.1) is 17.8 Å². The molecule has 0 radical (unpaired) electrons. The number of nitrogens with one attached hydrogen (secondary N) is 1. The van der Waals surface area contributed by atoms with Gasteiger partial charge in [0.05, 0.1) is 13.0 Å². The summed E-state index contributed by atoms with van der Waals surface area (Å²) >= 11 is 0. The van der Waals surface area contributed by atoms with Crippen LogP contribution in [0.5, 0.6) is 0 Å². The molecule has 2 atom stereocenters. The summed E-state index contributed by atoms with van der Waals surface area (Å²) in [7, 11) is 1.48. The number of ether oxygens (including phenoxy) is 1. The molecule has 0 spiro atoms. The van der Waals surface area contributed by atoms with Crippen LogP contribution in [0.3, 0.4) is 0 Å². The van der Waals surface area contributed by atoms with Gasteiger partial charge < -0.3 is 15.0 Å². The fourth-order valence-electron chi connectivity index (χ4n) is 4.51. The highest BCUT2D eigenvalue weighted by atomic mass is 16.5. The summed E-state index contributed by atoms with van der Waals surface area (Å²) in [5, 5.41) is 3.73. The van der Waals surface area contributed by atoms with E-state index >= 15 is 0 Å². The van der Waals surface area contributed by atoms with Crippen molar-refractivity contribution in [3.63, 3.8) is 0 Å². The first-order valence-corrected chi connectivity index (χ1v) is 9.86. The van der Waals surface area contributed by atoms with Crippen LogP contribution in [0.2, 0.25) is 0 Å². The molecule has 3 fully saturated rings. The first-order chi connectivity index (χ1) is 11.7. The van der Waals surface area contributed by atoms with Gasteiger partial charge in [-0.05, 0) is 38.0 Å². The highest BCUT2D eigenvalue weighted by molar-refractivity contribution is 5.81. The number of rotatable bonds is 4. The average Bonchev–Trinajstić information content (AvgIpc) is 3.41. The van der Waals surface area contributed by atoms with Crippen LogP contribution in [0.1, 0.15) is 58.3 Å². The molecule has 1 aliphatic heterocycles. The predicted octanol–water partition coefficient (Wildman–Crippen LogP) is 2.81. The first kappa shape index (κ1) is 17.6. The Morgan fingerprint density at radius 2 is 1.88 bits per heavy atom. The Bertz CT molecular complexity index is 452. The molecular formula is C19H33N3O2. The van der Waals surface area contributed by atoms with E-state index in [-0.39, 0.29) is 11.9 Å². The zero-order valence-corrected chi connectivity index (χ0v) is 15.3. The Morgan fingerprint density at radius 1 is 1.17 bits per heavy atom. The monoisotopic (exact) mass is 335 g/mol. The maximum absolute atomic E-state index is 11.7. The number of esters is 1. The summed E-state index contributed by atoms with van der Waals surface area (Å²) in [5.41, 5.74) is 0. The number of guanidine groups is 1. The molecule has 24 heavy (non-hydrogen) atoms. The molecule has 0 aromatic rings. The molecule has 1 N–H and O–H groups in total. The van der Waals surface area contributed by atoms with Crippen LogP contribution >= 0.6 is 0 Å². The molecule has 2 unspecified atom stereocenters. The zero-order chi connectivity index (χ0) is 16.9. The minimum Gasteiger partial charge on any atom is -0.469 e. The quantitative estimate of drug-likeness (QED) is 0.488. The Balaban J connectivity index is 1.49. The number of carbonyl (C=O) groups is 1. The van der Waals surface area contributed by atoms with Gasteiger partial charge in [0.1, 0.15) is 0 Å². The molecular weight excluding hydrogens is 302 g/mol. The van der Waals surface area contributed by atoms with Crippen LogP contribution in [-0.2, 0) is 9.53 Å². The number of aliphatic imine (C=N–C) groups is 1. The third-order valence-electron chi connectivity index (χ3n) is 6.05. The van der Waals surface area contributed by atoms with Gasteiger partial charge in [-0.15, -0.1) is 0 Å². The molecule has 2 aliphatic carbocycles. The van der Waals surface area contributed by atoms with Gasteiger partial charge in [-0.1, -0.05) is 32.1 Å². The second kappa shape index (κ2) is 8.21. The van der Waals surface area contributed by atoms with Crippen LogP contribution in [-0.4, -0.2) is 49.6 Å². The fourth-order valence-corrected chi connectivity index (χ4v) is 4.51. The van der Waals surface area contributed by atoms with Gasteiger partial charge in [0.15, 0.2) is 5.96 Å². The molecule has 0 aromatic carbocycles. The Labute approximate surface area is 146 Å². The van der Waals surface area contributed by atoms with Crippen LogP contribution in [0.25, 0.3) is 0 Å². The molecule has 1 saturated heterocycles. The van der Waals surface area contributed by atoms with E-state index in [1.54, 1.807) is 0 Å². The molecule has 3 aliphatic rings. The van der Waals surface area contributed by atoms with Crippen molar-refractivity contribution in [2.24, 2.45) is 22.7 Å². The van der Waals surface area contributed by atoms with Crippen molar-refractivity contribution < 1.29 is 9.53 Å². The van der Waals surface area contributed by atoms with Crippen molar-refractivity contribution >= 4 is 11.9 Å². The van der Waals surface area contributed by atoms with E-state index in [0.29, 0.717) is 6.04 Å². The highest BCUT2D eigenvalue weighted by Gasteiger charge is 2.44. The summed E-state index contributed by atoms with van der Waals surface area (Å²) in [5.74, 6) is 2.86. The molecule has 1 heterocycles. The van der Waals surface area contributed by atoms with Crippen LogP contribution in [0.4, 0.5) is 0 Å². The summed E-state index contributed by atoms with van der Waals surface area (Å²) < 4.78 is 4.89. The van der Waals surface area contributed by atoms with E-state index in [0.717, 1.165) is 50.3 Å². The van der Waals surface area contributed by atoms with Crippen molar-refractivity contribution in [2.75, 3.05) is 26.7 Å². The molecule has 3 rings (SSSR count). The summed E-state index contributed by atoms with van der Waals surface area (Å²) in [6.07, 6.45) is 10.2. The minimum absolute atomic E-state index is 0.0591. The maximum atomic E-state index is 11.7. The Hall–Kier alpha value is -1.26. The molecule has 0 amide bonds. The number of hydrogen-bond donors (Lipinski definition) is 1. The van der Waals surface area contributed by atoms with E-state index in [2.05, 4.69) is 17.1 Å². The Kier molecular flexibility index (Phi) is 6.01. The molecule has 2 saturated carbocycles. The van der Waals surface area contributed by atoms with Crippen LogP contribution < -0.4 is 5.32 Å². The van der Waals surface area contributed by atoms with E-state index in [1.165, 1.54) is 45.6 Å². The fraction of sp³-hybridized carbons (Fsp3) is 0.895. The van der Waals surface area contributed by atoms with Gasteiger partial charge in [0.2, 0.25) is 0 Å². The molecule has 5 nitrogen and oxygen atoms in total. The van der Waals surface area contributed by atoms with Crippen molar-refractivity contribution in [3.8, 4) is 0 Å². The summed E-state index contributed by atoms with van der Waals surface area (Å²) in [6.45, 7) is 4.69. The third-order valence-corrected chi connectivity index (χ3v) is 6.05. The second-order valence-electron chi connectivity index (χ2n) is 7.63. The lowest BCUT2D eigenvalue weighted by Crippen LogP contribution is -2.47. The number of likely N-dealkylation sites (tertiary alicyclic amines) is 1. The third kappa shape index (κ3) is 4.22. The Morgan fingerprint density at radius 3 is 2.50 bits per heavy atom. The zero-order valence-electron chi connectivity index (χ0n) is 15.3. The summed E-state index contributed by atoms with van der Waals surface area (Å²) in [6, 6.07) is 0.622.